The number of aromatic nitrogens is 8. The number of ether oxygens (including phenoxy) is 1. The highest BCUT2D eigenvalue weighted by atomic mass is 16.5. The molecule has 2 aliphatic rings. The Morgan fingerprint density at radius 1 is 1.00 bits per heavy atom. The zero-order valence-corrected chi connectivity index (χ0v) is 22.9. The van der Waals surface area contributed by atoms with Crippen LogP contribution in [0.25, 0.3) is 39.8 Å². The Hall–Kier alpha value is -4.85. The van der Waals surface area contributed by atoms with Crippen molar-refractivity contribution in [1.29, 1.82) is 0 Å². The number of imidazole rings is 1. The molecule has 5 heterocycles. The van der Waals surface area contributed by atoms with Gasteiger partial charge in [-0.2, -0.15) is 9.97 Å². The van der Waals surface area contributed by atoms with Crippen LogP contribution in [-0.4, -0.2) is 65.5 Å². The van der Waals surface area contributed by atoms with Crippen molar-refractivity contribution < 1.29 is 9.26 Å². The number of fused-ring (bicyclic) bond motifs is 1. The number of rotatable bonds is 6. The van der Waals surface area contributed by atoms with E-state index in [0.29, 0.717) is 49.2 Å². The molecule has 0 spiro atoms. The first-order chi connectivity index (χ1) is 20.5. The first-order valence-electron chi connectivity index (χ1n) is 14.2. The van der Waals surface area contributed by atoms with E-state index >= 15 is 0 Å². The fraction of sp³-hybridized carbons (Fsp3) is 0.393. The van der Waals surface area contributed by atoms with Crippen LogP contribution in [0.4, 0.5) is 11.8 Å². The molecule has 2 fully saturated rings. The molecular formula is C28H30N10O4. The predicted octanol–water partition coefficient (Wildman–Crippen LogP) is 2.38. The highest BCUT2D eigenvalue weighted by Gasteiger charge is 2.27. The van der Waals surface area contributed by atoms with Crippen LogP contribution >= 0.6 is 0 Å². The van der Waals surface area contributed by atoms with Gasteiger partial charge in [0.05, 0.1) is 18.9 Å². The highest BCUT2D eigenvalue weighted by Crippen LogP contribution is 2.35. The Balaban J connectivity index is 1.45. The molecule has 0 bridgehead atoms. The third kappa shape index (κ3) is 4.93. The molecule has 1 saturated carbocycles. The van der Waals surface area contributed by atoms with Crippen molar-refractivity contribution in [2.24, 2.45) is 5.92 Å². The lowest BCUT2D eigenvalue weighted by Crippen LogP contribution is -2.38. The quantitative estimate of drug-likeness (QED) is 0.306. The van der Waals surface area contributed by atoms with Gasteiger partial charge in [0.25, 0.3) is 0 Å². The van der Waals surface area contributed by atoms with Crippen molar-refractivity contribution in [2.45, 2.75) is 38.6 Å². The Morgan fingerprint density at radius 3 is 2.60 bits per heavy atom. The lowest BCUT2D eigenvalue weighted by molar-refractivity contribution is 0.121. The molecule has 7 rings (SSSR count). The van der Waals surface area contributed by atoms with E-state index in [1.54, 1.807) is 12.3 Å². The lowest BCUT2D eigenvalue weighted by atomic mass is 9.89. The van der Waals surface area contributed by atoms with E-state index in [-0.39, 0.29) is 17.5 Å². The maximum absolute atomic E-state index is 12.7. The van der Waals surface area contributed by atoms with Gasteiger partial charge in [-0.25, -0.2) is 19.6 Å². The lowest BCUT2D eigenvalue weighted by Gasteiger charge is -2.30. The summed E-state index contributed by atoms with van der Waals surface area (Å²) in [4.78, 5) is 47.8. The molecule has 0 amide bonds. The normalized spacial score (nSPS) is 16.3. The largest absolute Gasteiger partial charge is 0.439 e. The molecule has 4 aromatic heterocycles. The Bertz CT molecular complexity index is 1860. The molecule has 14 nitrogen and oxygen atoms in total. The smallest absolute Gasteiger partial charge is 0.383 e. The number of benzene rings is 1. The minimum Gasteiger partial charge on any atom is -0.383 e. The molecule has 1 aliphatic heterocycles. The van der Waals surface area contributed by atoms with Gasteiger partial charge in [0, 0.05) is 31.4 Å². The minimum absolute atomic E-state index is 0.105. The van der Waals surface area contributed by atoms with E-state index in [1.807, 2.05) is 24.3 Å². The van der Waals surface area contributed by atoms with Crippen LogP contribution in [0, 0.1) is 5.92 Å². The van der Waals surface area contributed by atoms with E-state index in [9.17, 15) is 9.59 Å². The van der Waals surface area contributed by atoms with E-state index in [1.165, 1.54) is 23.8 Å². The van der Waals surface area contributed by atoms with Crippen LogP contribution in [0.2, 0.25) is 0 Å². The fourth-order valence-electron chi connectivity index (χ4n) is 5.88. The molecular weight excluding hydrogens is 540 g/mol. The number of H-pyrrole nitrogens is 1. The molecule has 1 aliphatic carbocycles. The molecule has 1 aromatic carbocycles. The number of nitrogens with two attached hydrogens (primary N) is 1. The molecule has 0 unspecified atom stereocenters. The standard InChI is InChI=1S/C28H30N10O4/c29-20-9-10-37(27(39)30-20)19-8-4-7-18(15-19)21-22-23(32-24(31-21)25-34-28(40)42-35-25)33-26(36-11-13-41-14-12-36)38(22)16-17-5-2-1-3-6-17/h4,7-10,15,17H,1-3,5-6,11-14,16H2,(H2,29,30,39)(H,34,35,40). The van der Waals surface area contributed by atoms with Gasteiger partial charge in [-0.15, -0.1) is 0 Å². The van der Waals surface area contributed by atoms with Gasteiger partial charge >= 0.3 is 11.4 Å². The maximum Gasteiger partial charge on any atom is 0.439 e. The summed E-state index contributed by atoms with van der Waals surface area (Å²) < 4.78 is 14.1. The number of morpholine rings is 1. The monoisotopic (exact) mass is 570 g/mol. The molecule has 3 N–H and O–H groups in total. The summed E-state index contributed by atoms with van der Waals surface area (Å²) in [5.41, 5.74) is 8.41. The van der Waals surface area contributed by atoms with E-state index in [4.69, 9.17) is 29.9 Å². The van der Waals surface area contributed by atoms with Crippen LogP contribution in [0.5, 0.6) is 0 Å². The summed E-state index contributed by atoms with van der Waals surface area (Å²) in [5.74, 6) is 1.04. The van der Waals surface area contributed by atoms with Gasteiger partial charge < -0.3 is 19.9 Å². The number of anilines is 2. The number of hydrogen-bond acceptors (Lipinski definition) is 11. The number of nitrogen functional groups attached to an aromatic ring is 1. The van der Waals surface area contributed by atoms with Gasteiger partial charge in [-0.05, 0) is 37.0 Å². The van der Waals surface area contributed by atoms with Crippen LogP contribution in [0.3, 0.4) is 0 Å². The fourth-order valence-corrected chi connectivity index (χ4v) is 5.88. The summed E-state index contributed by atoms with van der Waals surface area (Å²) >= 11 is 0. The zero-order valence-electron chi connectivity index (χ0n) is 22.9. The Kier molecular flexibility index (Phi) is 6.74. The number of hydrogen-bond donors (Lipinski definition) is 2. The summed E-state index contributed by atoms with van der Waals surface area (Å²) in [5, 5.41) is 3.83. The molecule has 42 heavy (non-hydrogen) atoms. The van der Waals surface area contributed by atoms with Crippen molar-refractivity contribution in [3.63, 3.8) is 0 Å². The summed E-state index contributed by atoms with van der Waals surface area (Å²) in [7, 11) is 0. The number of nitrogens with one attached hydrogen (secondary N) is 1. The SMILES string of the molecule is Nc1ccn(-c2cccc(-c3nc(-c4noc(=O)[nH]4)nc4nc(N5CCOCC5)n(CC5CCCCC5)c34)c2)c(=O)n1. The molecule has 5 aromatic rings. The number of aromatic amines is 1. The van der Waals surface area contributed by atoms with Crippen LogP contribution in [0.15, 0.2) is 50.6 Å². The predicted molar refractivity (Wildman–Crippen MR) is 154 cm³/mol. The van der Waals surface area contributed by atoms with Crippen LogP contribution in [0.1, 0.15) is 32.1 Å². The molecule has 216 valence electrons. The minimum atomic E-state index is -0.704. The molecule has 0 atom stereocenters. The summed E-state index contributed by atoms with van der Waals surface area (Å²) in [6.45, 7) is 3.43. The Labute approximate surface area is 239 Å². The van der Waals surface area contributed by atoms with Crippen molar-refractivity contribution >= 4 is 22.9 Å². The topological polar surface area (TPSA) is 176 Å². The van der Waals surface area contributed by atoms with E-state index < -0.39 is 11.4 Å². The first kappa shape index (κ1) is 26.1. The van der Waals surface area contributed by atoms with E-state index in [0.717, 1.165) is 36.4 Å². The van der Waals surface area contributed by atoms with Crippen LogP contribution in [-0.2, 0) is 11.3 Å². The second-order valence-electron chi connectivity index (χ2n) is 10.7. The van der Waals surface area contributed by atoms with Gasteiger partial charge in [0.2, 0.25) is 17.6 Å². The Morgan fingerprint density at radius 2 is 1.83 bits per heavy atom. The van der Waals surface area contributed by atoms with Gasteiger partial charge in [0.1, 0.15) is 17.0 Å². The third-order valence-electron chi connectivity index (χ3n) is 7.92. The summed E-state index contributed by atoms with van der Waals surface area (Å²) in [6, 6.07) is 9.02. The molecule has 14 heteroatoms. The van der Waals surface area contributed by atoms with Crippen LogP contribution < -0.4 is 22.1 Å². The second-order valence-corrected chi connectivity index (χ2v) is 10.7. The molecule has 0 radical (unpaired) electrons. The number of nitrogens with zero attached hydrogens (tertiary/aromatic N) is 8. The summed E-state index contributed by atoms with van der Waals surface area (Å²) in [6.07, 6.45) is 7.58. The third-order valence-corrected chi connectivity index (χ3v) is 7.92. The highest BCUT2D eigenvalue weighted by molar-refractivity contribution is 5.91. The van der Waals surface area contributed by atoms with Crippen molar-refractivity contribution in [3.8, 4) is 28.6 Å². The average Bonchev–Trinajstić information content (AvgIpc) is 3.61. The van der Waals surface area contributed by atoms with Gasteiger partial charge in [-0.3, -0.25) is 14.1 Å². The van der Waals surface area contributed by atoms with Crippen molar-refractivity contribution in [1.82, 2.24) is 39.2 Å². The van der Waals surface area contributed by atoms with Gasteiger partial charge in [-0.1, -0.05) is 36.6 Å². The van der Waals surface area contributed by atoms with Gasteiger partial charge in [0.15, 0.2) is 5.65 Å². The first-order valence-corrected chi connectivity index (χ1v) is 14.2. The van der Waals surface area contributed by atoms with Crippen molar-refractivity contribution in [2.75, 3.05) is 36.9 Å². The molecule has 1 saturated heterocycles. The second kappa shape index (κ2) is 10.9. The maximum atomic E-state index is 12.7. The average molecular weight is 571 g/mol. The van der Waals surface area contributed by atoms with Crippen molar-refractivity contribution in [3.05, 3.63) is 57.6 Å². The zero-order chi connectivity index (χ0) is 28.6. The van der Waals surface area contributed by atoms with E-state index in [2.05, 4.69) is 24.6 Å².